The molecular weight excluding hydrogens is 418 g/mol. The highest BCUT2D eigenvalue weighted by Gasteiger charge is 2.27. The first kappa shape index (κ1) is 21.3. The number of benzene rings is 1. The first-order chi connectivity index (χ1) is 14.7. The number of halogens is 1. The number of aromatic nitrogens is 3. The summed E-state index contributed by atoms with van der Waals surface area (Å²) in [5.41, 5.74) is 1.72. The van der Waals surface area contributed by atoms with Crippen LogP contribution in [-0.4, -0.2) is 39.3 Å². The van der Waals surface area contributed by atoms with E-state index in [-0.39, 0.29) is 6.61 Å². The monoisotopic (exact) mass is 445 g/mol. The Kier molecular flexibility index (Phi) is 7.02. The summed E-state index contributed by atoms with van der Waals surface area (Å²) in [6.45, 7) is 3.22. The van der Waals surface area contributed by atoms with Crippen LogP contribution in [0.1, 0.15) is 45.4 Å². The summed E-state index contributed by atoms with van der Waals surface area (Å²) in [4.78, 5) is 14.1. The van der Waals surface area contributed by atoms with Crippen LogP contribution in [0.3, 0.4) is 0 Å². The number of fused-ring (bicyclic) bond motifs is 1. The van der Waals surface area contributed by atoms with Crippen LogP contribution in [0.4, 0.5) is 11.8 Å². The fourth-order valence-electron chi connectivity index (χ4n) is 4.01. The molecular formula is C22H28ClN5OS. The van der Waals surface area contributed by atoms with Crippen molar-refractivity contribution in [2.24, 2.45) is 5.92 Å². The van der Waals surface area contributed by atoms with E-state index >= 15 is 0 Å². The van der Waals surface area contributed by atoms with E-state index in [0.717, 1.165) is 71.7 Å². The van der Waals surface area contributed by atoms with Gasteiger partial charge in [-0.1, -0.05) is 37.1 Å². The summed E-state index contributed by atoms with van der Waals surface area (Å²) in [7, 11) is 0. The van der Waals surface area contributed by atoms with Crippen molar-refractivity contribution >= 4 is 44.9 Å². The van der Waals surface area contributed by atoms with Crippen molar-refractivity contribution in [1.82, 2.24) is 15.0 Å². The summed E-state index contributed by atoms with van der Waals surface area (Å²) in [5.74, 6) is 1.84. The molecule has 30 heavy (non-hydrogen) atoms. The van der Waals surface area contributed by atoms with Crippen molar-refractivity contribution < 1.29 is 5.11 Å². The van der Waals surface area contributed by atoms with Gasteiger partial charge in [-0.3, -0.25) is 0 Å². The molecule has 2 unspecified atom stereocenters. The summed E-state index contributed by atoms with van der Waals surface area (Å²) in [6.07, 6.45) is 6.22. The predicted molar refractivity (Wildman–Crippen MR) is 126 cm³/mol. The maximum atomic E-state index is 9.27. The molecule has 1 saturated carbocycles. The molecule has 2 aromatic heterocycles. The average Bonchev–Trinajstić information content (AvgIpc) is 3.35. The molecule has 1 fully saturated rings. The fraction of sp³-hybridized carbons (Fsp3) is 0.500. The molecule has 6 nitrogen and oxygen atoms in total. The molecule has 0 spiro atoms. The van der Waals surface area contributed by atoms with Crippen LogP contribution in [0.15, 0.2) is 24.3 Å². The van der Waals surface area contributed by atoms with E-state index in [0.29, 0.717) is 23.1 Å². The van der Waals surface area contributed by atoms with Crippen LogP contribution < -0.4 is 10.6 Å². The fourth-order valence-corrected chi connectivity index (χ4v) is 5.33. The molecule has 0 bridgehead atoms. The summed E-state index contributed by atoms with van der Waals surface area (Å²) in [6, 6.07) is 8.39. The number of hydrogen-bond acceptors (Lipinski definition) is 7. The molecule has 0 saturated heterocycles. The number of nitrogens with zero attached hydrogens (tertiary/aromatic N) is 3. The molecule has 1 aliphatic carbocycles. The largest absolute Gasteiger partial charge is 0.396 e. The van der Waals surface area contributed by atoms with Gasteiger partial charge in [0.15, 0.2) is 0 Å². The second kappa shape index (κ2) is 9.90. The highest BCUT2D eigenvalue weighted by Crippen LogP contribution is 2.40. The number of nitrogens with one attached hydrogen (secondary N) is 2. The number of para-hydroxylation sites is 1. The minimum atomic E-state index is 0.249. The third kappa shape index (κ3) is 4.85. The highest BCUT2D eigenvalue weighted by atomic mass is 35.5. The van der Waals surface area contributed by atoms with Gasteiger partial charge < -0.3 is 15.7 Å². The third-order valence-corrected chi connectivity index (χ3v) is 6.93. The molecule has 0 amide bonds. The van der Waals surface area contributed by atoms with Gasteiger partial charge in [0.25, 0.3) is 0 Å². The van der Waals surface area contributed by atoms with Crippen molar-refractivity contribution in [2.45, 2.75) is 51.5 Å². The van der Waals surface area contributed by atoms with Crippen molar-refractivity contribution in [1.29, 1.82) is 0 Å². The third-order valence-electron chi connectivity index (χ3n) is 5.61. The lowest BCUT2D eigenvalue weighted by Crippen LogP contribution is -2.19. The Morgan fingerprint density at radius 2 is 2.07 bits per heavy atom. The average molecular weight is 446 g/mol. The minimum Gasteiger partial charge on any atom is -0.396 e. The summed E-state index contributed by atoms with van der Waals surface area (Å²) < 4.78 is 1.11. The van der Waals surface area contributed by atoms with Crippen LogP contribution in [0.25, 0.3) is 20.8 Å². The zero-order valence-electron chi connectivity index (χ0n) is 17.2. The molecule has 1 aliphatic rings. The zero-order valence-corrected chi connectivity index (χ0v) is 18.8. The molecule has 2 heterocycles. The van der Waals surface area contributed by atoms with E-state index in [4.69, 9.17) is 21.6 Å². The molecule has 0 radical (unpaired) electrons. The van der Waals surface area contributed by atoms with Crippen LogP contribution in [0.5, 0.6) is 0 Å². The van der Waals surface area contributed by atoms with Gasteiger partial charge in [-0.15, -0.1) is 11.3 Å². The molecule has 3 aromatic rings. The second-order valence-corrected chi connectivity index (χ2v) is 9.25. The van der Waals surface area contributed by atoms with E-state index < -0.39 is 0 Å². The van der Waals surface area contributed by atoms with Crippen LogP contribution in [0, 0.1) is 5.92 Å². The van der Waals surface area contributed by atoms with Crippen LogP contribution >= 0.6 is 22.9 Å². The van der Waals surface area contributed by atoms with Gasteiger partial charge in [0, 0.05) is 19.2 Å². The SMILES string of the molecule is CCCCNc1nc(Cl)c(-c2nc3ccccc3s2)c(NC2CCC(CCO)C2)n1. The van der Waals surface area contributed by atoms with Crippen LogP contribution in [-0.2, 0) is 0 Å². The number of anilines is 2. The van der Waals surface area contributed by atoms with Gasteiger partial charge >= 0.3 is 0 Å². The maximum absolute atomic E-state index is 9.27. The van der Waals surface area contributed by atoms with Gasteiger partial charge in [-0.25, -0.2) is 9.97 Å². The summed E-state index contributed by atoms with van der Waals surface area (Å²) in [5, 5.41) is 17.4. The molecule has 3 N–H and O–H groups in total. The standard InChI is InChI=1S/C22H28ClN5OS/c1-2-3-11-24-22-27-19(23)18(21-26-16-6-4-5-7-17(16)30-21)20(28-22)25-15-9-8-14(13-15)10-12-29/h4-7,14-15,29H,2-3,8-13H2,1H3,(H2,24,25,27,28). The lowest BCUT2D eigenvalue weighted by atomic mass is 10.0. The van der Waals surface area contributed by atoms with Gasteiger partial charge in [-0.05, 0) is 50.2 Å². The van der Waals surface area contributed by atoms with E-state index in [1.807, 2.05) is 18.2 Å². The zero-order chi connectivity index (χ0) is 20.9. The first-order valence-electron chi connectivity index (χ1n) is 10.7. The molecule has 160 valence electrons. The van der Waals surface area contributed by atoms with E-state index in [9.17, 15) is 5.11 Å². The number of aliphatic hydroxyl groups excluding tert-OH is 1. The Labute approximate surface area is 186 Å². The van der Waals surface area contributed by atoms with Crippen molar-refractivity contribution in [3.05, 3.63) is 29.4 Å². The molecule has 0 aliphatic heterocycles. The molecule has 8 heteroatoms. The molecule has 4 rings (SSSR count). The van der Waals surface area contributed by atoms with Crippen molar-refractivity contribution in [3.8, 4) is 10.6 Å². The van der Waals surface area contributed by atoms with Crippen molar-refractivity contribution in [3.63, 3.8) is 0 Å². The number of hydrogen-bond donors (Lipinski definition) is 3. The number of rotatable bonds is 9. The Hall–Kier alpha value is -1.96. The Morgan fingerprint density at radius 1 is 1.20 bits per heavy atom. The Bertz CT molecular complexity index is 962. The number of aliphatic hydroxyl groups is 1. The first-order valence-corrected chi connectivity index (χ1v) is 11.9. The van der Waals surface area contributed by atoms with Gasteiger partial charge in [-0.2, -0.15) is 4.98 Å². The van der Waals surface area contributed by atoms with E-state index in [1.54, 1.807) is 11.3 Å². The van der Waals surface area contributed by atoms with Gasteiger partial charge in [0.2, 0.25) is 5.95 Å². The van der Waals surface area contributed by atoms with Crippen molar-refractivity contribution in [2.75, 3.05) is 23.8 Å². The minimum absolute atomic E-state index is 0.249. The van der Waals surface area contributed by atoms with Gasteiger partial charge in [0.1, 0.15) is 16.0 Å². The Morgan fingerprint density at radius 3 is 2.87 bits per heavy atom. The lowest BCUT2D eigenvalue weighted by Gasteiger charge is -2.18. The quantitative estimate of drug-likeness (QED) is 0.294. The maximum Gasteiger partial charge on any atom is 0.226 e. The Balaban J connectivity index is 1.66. The smallest absolute Gasteiger partial charge is 0.226 e. The number of unbranched alkanes of at least 4 members (excludes halogenated alkanes) is 1. The van der Waals surface area contributed by atoms with Crippen LogP contribution in [0.2, 0.25) is 5.15 Å². The number of thiazole rings is 1. The second-order valence-electron chi connectivity index (χ2n) is 7.86. The molecule has 2 atom stereocenters. The van der Waals surface area contributed by atoms with E-state index in [1.165, 1.54) is 0 Å². The lowest BCUT2D eigenvalue weighted by molar-refractivity contribution is 0.258. The predicted octanol–water partition coefficient (Wildman–Crippen LogP) is 5.58. The van der Waals surface area contributed by atoms with Gasteiger partial charge in [0.05, 0.1) is 15.8 Å². The normalized spacial score (nSPS) is 18.8. The molecule has 1 aromatic carbocycles. The highest BCUT2D eigenvalue weighted by molar-refractivity contribution is 7.21. The van der Waals surface area contributed by atoms with E-state index in [2.05, 4.69) is 28.6 Å². The topological polar surface area (TPSA) is 83.0 Å². The summed E-state index contributed by atoms with van der Waals surface area (Å²) >= 11 is 8.28.